The summed E-state index contributed by atoms with van der Waals surface area (Å²) in [4.78, 5) is 28.6. The standard InChI is InChI=1S/C16H13NO7/c1-22-10-2-3-11-9(6-15(20)23-12(11)8-10)7-16(21)24-17-13(18)4-5-14(17)19/h2-6,8,18-19H,7H2,1H3. The van der Waals surface area contributed by atoms with Crippen LogP contribution in [0.4, 0.5) is 0 Å². The van der Waals surface area contributed by atoms with Gasteiger partial charge in [0.25, 0.3) is 0 Å². The van der Waals surface area contributed by atoms with E-state index in [0.29, 0.717) is 21.4 Å². The van der Waals surface area contributed by atoms with Gasteiger partial charge in [0.1, 0.15) is 11.3 Å². The van der Waals surface area contributed by atoms with Gasteiger partial charge in [0, 0.05) is 29.7 Å². The predicted molar refractivity (Wildman–Crippen MR) is 82.1 cm³/mol. The van der Waals surface area contributed by atoms with Crippen molar-refractivity contribution in [3.8, 4) is 17.5 Å². The molecule has 0 aliphatic rings. The molecule has 1 aromatic carbocycles. The largest absolute Gasteiger partial charge is 0.497 e. The van der Waals surface area contributed by atoms with Gasteiger partial charge in [0.2, 0.25) is 11.8 Å². The van der Waals surface area contributed by atoms with Gasteiger partial charge in [-0.05, 0) is 17.7 Å². The molecule has 8 nitrogen and oxygen atoms in total. The molecule has 0 aliphatic heterocycles. The van der Waals surface area contributed by atoms with E-state index < -0.39 is 23.4 Å². The topological polar surface area (TPSA) is 111 Å². The average Bonchev–Trinajstić information content (AvgIpc) is 2.86. The van der Waals surface area contributed by atoms with Crippen molar-refractivity contribution >= 4 is 16.9 Å². The molecule has 0 amide bonds. The number of aromatic hydroxyl groups is 2. The second-order valence-electron chi connectivity index (χ2n) is 4.94. The summed E-state index contributed by atoms with van der Waals surface area (Å²) in [5.74, 6) is -1.13. The average molecular weight is 331 g/mol. The molecule has 0 fully saturated rings. The number of ether oxygens (including phenoxy) is 1. The Morgan fingerprint density at radius 2 is 1.88 bits per heavy atom. The van der Waals surface area contributed by atoms with Crippen LogP contribution in [0, 0.1) is 0 Å². The number of hydrogen-bond donors (Lipinski definition) is 2. The first-order chi connectivity index (χ1) is 11.5. The van der Waals surface area contributed by atoms with Crippen LogP contribution in [0.15, 0.2) is 45.6 Å². The Balaban J connectivity index is 1.92. The normalized spacial score (nSPS) is 10.7. The van der Waals surface area contributed by atoms with Gasteiger partial charge in [0.05, 0.1) is 13.5 Å². The highest BCUT2D eigenvalue weighted by Crippen LogP contribution is 2.23. The van der Waals surface area contributed by atoms with E-state index in [-0.39, 0.29) is 12.0 Å². The Bertz CT molecular complexity index is 951. The SMILES string of the molecule is COc1ccc2c(CC(=O)On3c(O)ccc3O)cc(=O)oc2c1. The summed E-state index contributed by atoms with van der Waals surface area (Å²) in [6.45, 7) is 0. The third kappa shape index (κ3) is 2.89. The maximum atomic E-state index is 12.0. The number of benzene rings is 1. The monoisotopic (exact) mass is 331 g/mol. The van der Waals surface area contributed by atoms with Crippen LogP contribution < -0.4 is 15.2 Å². The zero-order valence-corrected chi connectivity index (χ0v) is 12.6. The Hall–Kier alpha value is -3.42. The summed E-state index contributed by atoms with van der Waals surface area (Å²) in [5.41, 5.74) is 0.0431. The van der Waals surface area contributed by atoms with Crippen LogP contribution in [0.1, 0.15) is 5.56 Å². The lowest BCUT2D eigenvalue weighted by molar-refractivity contribution is -0.144. The summed E-state index contributed by atoms with van der Waals surface area (Å²) in [7, 11) is 1.48. The molecule has 0 aliphatic carbocycles. The number of carbonyl (C=O) groups is 1. The number of aromatic nitrogens is 1. The van der Waals surface area contributed by atoms with Crippen molar-refractivity contribution in [2.75, 3.05) is 7.11 Å². The molecule has 2 N–H and O–H groups in total. The lowest BCUT2D eigenvalue weighted by atomic mass is 10.1. The number of fused-ring (bicyclic) bond motifs is 1. The summed E-state index contributed by atoms with van der Waals surface area (Å²) >= 11 is 0. The second-order valence-corrected chi connectivity index (χ2v) is 4.94. The van der Waals surface area contributed by atoms with Crippen LogP contribution >= 0.6 is 0 Å². The molecule has 3 aromatic rings. The van der Waals surface area contributed by atoms with Crippen LogP contribution in [0.3, 0.4) is 0 Å². The molecule has 0 saturated carbocycles. The van der Waals surface area contributed by atoms with E-state index in [1.54, 1.807) is 12.1 Å². The third-order valence-corrected chi connectivity index (χ3v) is 3.36. The van der Waals surface area contributed by atoms with Crippen LogP contribution in [0.5, 0.6) is 17.5 Å². The van der Waals surface area contributed by atoms with Crippen LogP contribution in [-0.4, -0.2) is 28.0 Å². The number of hydrogen-bond acceptors (Lipinski definition) is 7. The zero-order chi connectivity index (χ0) is 17.3. The van der Waals surface area contributed by atoms with Gasteiger partial charge >= 0.3 is 11.6 Å². The van der Waals surface area contributed by atoms with Crippen molar-refractivity contribution in [3.05, 3.63) is 52.4 Å². The van der Waals surface area contributed by atoms with Gasteiger partial charge in [-0.15, -0.1) is 4.73 Å². The minimum Gasteiger partial charge on any atom is -0.497 e. The molecule has 24 heavy (non-hydrogen) atoms. The summed E-state index contributed by atoms with van der Waals surface area (Å²) < 4.78 is 10.7. The van der Waals surface area contributed by atoms with E-state index in [2.05, 4.69) is 0 Å². The molecule has 8 heteroatoms. The first-order valence-electron chi connectivity index (χ1n) is 6.89. The minimum absolute atomic E-state index is 0.258. The van der Waals surface area contributed by atoms with E-state index >= 15 is 0 Å². The van der Waals surface area contributed by atoms with Crippen LogP contribution in [-0.2, 0) is 11.2 Å². The van der Waals surface area contributed by atoms with Crippen molar-refractivity contribution in [1.29, 1.82) is 0 Å². The van der Waals surface area contributed by atoms with Gasteiger partial charge in [-0.25, -0.2) is 9.59 Å². The van der Waals surface area contributed by atoms with Crippen molar-refractivity contribution in [2.24, 2.45) is 0 Å². The summed E-state index contributed by atoms with van der Waals surface area (Å²) in [6, 6.07) is 8.38. The fourth-order valence-corrected chi connectivity index (χ4v) is 2.27. The minimum atomic E-state index is -0.778. The summed E-state index contributed by atoms with van der Waals surface area (Å²) in [5, 5.41) is 19.5. The number of methoxy groups -OCH3 is 1. The van der Waals surface area contributed by atoms with Gasteiger partial charge in [-0.2, -0.15) is 0 Å². The van der Waals surface area contributed by atoms with Crippen molar-refractivity contribution < 1.29 is 29.0 Å². The van der Waals surface area contributed by atoms with Gasteiger partial charge in [0.15, 0.2) is 0 Å². The number of carbonyl (C=O) groups excluding carboxylic acids is 1. The van der Waals surface area contributed by atoms with Crippen LogP contribution in [0.2, 0.25) is 0 Å². The van der Waals surface area contributed by atoms with E-state index in [1.807, 2.05) is 0 Å². The fourth-order valence-electron chi connectivity index (χ4n) is 2.27. The molecule has 0 radical (unpaired) electrons. The maximum absolute atomic E-state index is 12.0. The first-order valence-corrected chi connectivity index (χ1v) is 6.89. The highest BCUT2D eigenvalue weighted by Gasteiger charge is 2.15. The van der Waals surface area contributed by atoms with E-state index in [4.69, 9.17) is 14.0 Å². The Morgan fingerprint density at radius 1 is 1.17 bits per heavy atom. The lowest BCUT2D eigenvalue weighted by Crippen LogP contribution is -2.21. The fraction of sp³-hybridized carbons (Fsp3) is 0.125. The molecular weight excluding hydrogens is 318 g/mol. The Kier molecular flexibility index (Phi) is 3.87. The highest BCUT2D eigenvalue weighted by atomic mass is 16.7. The van der Waals surface area contributed by atoms with Crippen molar-refractivity contribution in [1.82, 2.24) is 4.73 Å². The highest BCUT2D eigenvalue weighted by molar-refractivity contribution is 5.86. The van der Waals surface area contributed by atoms with Gasteiger partial charge < -0.3 is 24.2 Å². The summed E-state index contributed by atoms with van der Waals surface area (Å²) in [6.07, 6.45) is -0.258. The zero-order valence-electron chi connectivity index (χ0n) is 12.6. The van der Waals surface area contributed by atoms with Gasteiger partial charge in [-0.3, -0.25) is 0 Å². The van der Waals surface area contributed by atoms with Crippen molar-refractivity contribution in [3.63, 3.8) is 0 Å². The quantitative estimate of drug-likeness (QED) is 0.691. The molecular formula is C16H13NO7. The Morgan fingerprint density at radius 3 is 2.54 bits per heavy atom. The molecule has 0 saturated heterocycles. The maximum Gasteiger partial charge on any atom is 0.337 e. The molecule has 124 valence electrons. The van der Waals surface area contributed by atoms with E-state index in [0.717, 1.165) is 0 Å². The molecule has 0 unspecified atom stereocenters. The predicted octanol–water partition coefficient (Wildman–Crippen LogP) is 1.21. The van der Waals surface area contributed by atoms with E-state index in [9.17, 15) is 19.8 Å². The second kappa shape index (κ2) is 5.99. The molecule has 3 rings (SSSR count). The lowest BCUT2D eigenvalue weighted by Gasteiger charge is -2.08. The Labute approximate surface area is 135 Å². The number of rotatable bonds is 4. The van der Waals surface area contributed by atoms with E-state index in [1.165, 1.54) is 31.4 Å². The molecule has 0 bridgehead atoms. The number of nitrogens with zero attached hydrogens (tertiary/aromatic N) is 1. The molecule has 0 atom stereocenters. The smallest absolute Gasteiger partial charge is 0.337 e. The molecule has 2 heterocycles. The van der Waals surface area contributed by atoms with Crippen LogP contribution in [0.25, 0.3) is 11.0 Å². The van der Waals surface area contributed by atoms with Gasteiger partial charge in [-0.1, -0.05) is 0 Å². The molecule has 2 aromatic heterocycles. The molecule has 0 spiro atoms. The van der Waals surface area contributed by atoms with Crippen molar-refractivity contribution in [2.45, 2.75) is 6.42 Å². The third-order valence-electron chi connectivity index (χ3n) is 3.36. The first kappa shape index (κ1) is 15.5.